The van der Waals surface area contributed by atoms with Gasteiger partial charge in [-0.25, -0.2) is 0 Å². The molecule has 0 radical (unpaired) electrons. The zero-order valence-electron chi connectivity index (χ0n) is 9.20. The van der Waals surface area contributed by atoms with Crippen LogP contribution in [0.5, 0.6) is 11.5 Å². The van der Waals surface area contributed by atoms with E-state index in [-0.39, 0.29) is 0 Å². The summed E-state index contributed by atoms with van der Waals surface area (Å²) >= 11 is 3.41. The summed E-state index contributed by atoms with van der Waals surface area (Å²) in [6.45, 7) is 0.598. The molecule has 0 aliphatic heterocycles. The van der Waals surface area contributed by atoms with Crippen LogP contribution in [0.25, 0.3) is 0 Å². The van der Waals surface area contributed by atoms with Crippen molar-refractivity contribution < 1.29 is 9.47 Å². The van der Waals surface area contributed by atoms with Crippen molar-refractivity contribution in [3.63, 3.8) is 0 Å². The van der Waals surface area contributed by atoms with Gasteiger partial charge in [0.25, 0.3) is 0 Å². The van der Waals surface area contributed by atoms with Gasteiger partial charge in [-0.15, -0.1) is 0 Å². The van der Waals surface area contributed by atoms with E-state index in [1.165, 1.54) is 0 Å². The van der Waals surface area contributed by atoms with Gasteiger partial charge in [-0.1, -0.05) is 6.07 Å². The lowest BCUT2D eigenvalue weighted by Crippen LogP contribution is -1.99. The summed E-state index contributed by atoms with van der Waals surface area (Å²) < 4.78 is 11.7. The summed E-state index contributed by atoms with van der Waals surface area (Å²) in [5.41, 5.74) is 0. The van der Waals surface area contributed by atoms with E-state index in [1.54, 1.807) is 7.11 Å². The van der Waals surface area contributed by atoms with Crippen LogP contribution in [-0.2, 0) is 0 Å². The molecule has 0 bridgehead atoms. The Balaban J connectivity index is 2.50. The molecule has 0 saturated carbocycles. The van der Waals surface area contributed by atoms with Crippen molar-refractivity contribution in [2.24, 2.45) is 0 Å². The van der Waals surface area contributed by atoms with Crippen LogP contribution in [0.3, 0.4) is 0 Å². The minimum absolute atomic E-state index is 0.580. The Kier molecular flexibility index (Phi) is 5.73. The third-order valence-electron chi connectivity index (χ3n) is 2.08. The molecule has 1 rings (SSSR count). The van der Waals surface area contributed by atoms with Crippen LogP contribution >= 0.6 is 15.9 Å². The highest BCUT2D eigenvalue weighted by Crippen LogP contribution is 2.34. The topological polar surface area (TPSA) is 42.2 Å². The van der Waals surface area contributed by atoms with E-state index in [0.717, 1.165) is 28.8 Å². The van der Waals surface area contributed by atoms with E-state index in [9.17, 15) is 0 Å². The molecule has 1 aromatic carbocycles. The van der Waals surface area contributed by atoms with Gasteiger partial charge in [0.05, 0.1) is 24.3 Å². The predicted molar refractivity (Wildman–Crippen MR) is 65.7 cm³/mol. The number of nitrogens with zero attached hydrogens (tertiary/aromatic N) is 1. The molecule has 4 heteroatoms. The molecule has 0 saturated heterocycles. The minimum Gasteiger partial charge on any atom is -0.493 e. The van der Waals surface area contributed by atoms with Gasteiger partial charge in [-0.2, -0.15) is 5.26 Å². The molecular weight excluding hydrogens is 270 g/mol. The second-order valence-electron chi connectivity index (χ2n) is 3.23. The zero-order valence-corrected chi connectivity index (χ0v) is 10.8. The van der Waals surface area contributed by atoms with Crippen LogP contribution in [0, 0.1) is 11.3 Å². The monoisotopic (exact) mass is 283 g/mol. The highest BCUT2D eigenvalue weighted by atomic mass is 79.9. The Morgan fingerprint density at radius 2 is 2.19 bits per heavy atom. The minimum atomic E-state index is 0.580. The largest absolute Gasteiger partial charge is 0.493 e. The zero-order chi connectivity index (χ0) is 11.8. The maximum absolute atomic E-state index is 8.39. The Hall–Kier alpha value is -1.21. The number of methoxy groups -OCH3 is 1. The molecule has 0 aromatic heterocycles. The smallest absolute Gasteiger partial charge is 0.175 e. The number of hydrogen-bond donors (Lipinski definition) is 0. The van der Waals surface area contributed by atoms with E-state index < -0.39 is 0 Å². The molecule has 0 aliphatic carbocycles. The van der Waals surface area contributed by atoms with Crippen LogP contribution in [0.4, 0.5) is 0 Å². The van der Waals surface area contributed by atoms with Crippen LogP contribution in [0.15, 0.2) is 22.7 Å². The summed E-state index contributed by atoms with van der Waals surface area (Å²) in [5.74, 6) is 1.44. The fourth-order valence-corrected chi connectivity index (χ4v) is 1.73. The van der Waals surface area contributed by atoms with Crippen LogP contribution in [-0.4, -0.2) is 13.7 Å². The highest BCUT2D eigenvalue weighted by Gasteiger charge is 2.07. The summed E-state index contributed by atoms with van der Waals surface area (Å²) in [7, 11) is 1.62. The summed E-state index contributed by atoms with van der Waals surface area (Å²) in [4.78, 5) is 0. The van der Waals surface area contributed by atoms with Crippen LogP contribution in [0.1, 0.15) is 19.3 Å². The van der Waals surface area contributed by atoms with Crippen molar-refractivity contribution in [3.8, 4) is 17.6 Å². The molecular formula is C12H14BrNO2. The summed E-state index contributed by atoms with van der Waals surface area (Å²) in [5, 5.41) is 8.39. The number of benzene rings is 1. The first-order valence-electron chi connectivity index (χ1n) is 5.12. The lowest BCUT2D eigenvalue weighted by Gasteiger charge is -2.11. The maximum atomic E-state index is 8.39. The molecule has 0 amide bonds. The molecule has 0 aliphatic rings. The number of nitriles is 1. The molecule has 0 fully saturated rings. The van der Waals surface area contributed by atoms with Gasteiger partial charge >= 0.3 is 0 Å². The standard InChI is InChI=1S/C12H14BrNO2/c1-15-11-7-5-6-10(13)12(11)16-9-4-2-3-8-14/h5-7H,2-4,9H2,1H3. The average Bonchev–Trinajstić information content (AvgIpc) is 2.30. The molecule has 86 valence electrons. The number of halogens is 1. The van der Waals surface area contributed by atoms with E-state index in [2.05, 4.69) is 22.0 Å². The number of hydrogen-bond acceptors (Lipinski definition) is 3. The fraction of sp³-hybridized carbons (Fsp3) is 0.417. The highest BCUT2D eigenvalue weighted by molar-refractivity contribution is 9.10. The summed E-state index contributed by atoms with van der Waals surface area (Å²) in [6, 6.07) is 7.77. The normalized spacial score (nSPS) is 9.56. The Morgan fingerprint density at radius 3 is 2.88 bits per heavy atom. The van der Waals surface area contributed by atoms with Crippen LogP contribution in [0.2, 0.25) is 0 Å². The Labute approximate surface area is 104 Å². The van der Waals surface area contributed by atoms with E-state index in [1.807, 2.05) is 18.2 Å². The third kappa shape index (κ3) is 3.74. The van der Waals surface area contributed by atoms with Gasteiger partial charge in [0.15, 0.2) is 11.5 Å². The van der Waals surface area contributed by atoms with Crippen molar-refractivity contribution in [2.75, 3.05) is 13.7 Å². The van der Waals surface area contributed by atoms with E-state index >= 15 is 0 Å². The predicted octanol–water partition coefficient (Wildman–Crippen LogP) is 3.53. The molecule has 16 heavy (non-hydrogen) atoms. The first kappa shape index (κ1) is 12.9. The lowest BCUT2D eigenvalue weighted by molar-refractivity contribution is 0.285. The average molecular weight is 284 g/mol. The number of rotatable bonds is 6. The van der Waals surface area contributed by atoms with Gasteiger partial charge in [0.2, 0.25) is 0 Å². The number of unbranched alkanes of at least 4 members (excludes halogenated alkanes) is 2. The third-order valence-corrected chi connectivity index (χ3v) is 2.70. The van der Waals surface area contributed by atoms with E-state index in [0.29, 0.717) is 13.0 Å². The summed E-state index contributed by atoms with van der Waals surface area (Å²) in [6.07, 6.45) is 2.32. The Bertz CT molecular complexity index is 374. The molecule has 0 N–H and O–H groups in total. The van der Waals surface area contributed by atoms with Gasteiger partial charge in [-0.3, -0.25) is 0 Å². The van der Waals surface area contributed by atoms with Gasteiger partial charge in [0.1, 0.15) is 0 Å². The number of ether oxygens (including phenoxy) is 2. The van der Waals surface area contributed by atoms with Gasteiger partial charge in [0, 0.05) is 6.42 Å². The first-order chi connectivity index (χ1) is 7.79. The molecule has 1 aromatic rings. The van der Waals surface area contributed by atoms with E-state index in [4.69, 9.17) is 14.7 Å². The maximum Gasteiger partial charge on any atom is 0.175 e. The Morgan fingerprint density at radius 1 is 1.38 bits per heavy atom. The van der Waals surface area contributed by atoms with Crippen molar-refractivity contribution in [3.05, 3.63) is 22.7 Å². The lowest BCUT2D eigenvalue weighted by atomic mass is 10.2. The second-order valence-corrected chi connectivity index (χ2v) is 4.09. The fourth-order valence-electron chi connectivity index (χ4n) is 1.27. The van der Waals surface area contributed by atoms with Gasteiger partial charge < -0.3 is 9.47 Å². The van der Waals surface area contributed by atoms with Crippen molar-refractivity contribution in [2.45, 2.75) is 19.3 Å². The van der Waals surface area contributed by atoms with Crippen molar-refractivity contribution >= 4 is 15.9 Å². The van der Waals surface area contributed by atoms with Crippen LogP contribution < -0.4 is 9.47 Å². The SMILES string of the molecule is COc1cccc(Br)c1OCCCCC#N. The molecule has 0 atom stereocenters. The molecule has 3 nitrogen and oxygen atoms in total. The first-order valence-corrected chi connectivity index (χ1v) is 5.91. The van der Waals surface area contributed by atoms with Crippen molar-refractivity contribution in [1.29, 1.82) is 5.26 Å². The van der Waals surface area contributed by atoms with Crippen molar-refractivity contribution in [1.82, 2.24) is 0 Å². The molecule has 0 spiro atoms. The number of para-hydroxylation sites is 1. The molecule has 0 unspecified atom stereocenters. The van der Waals surface area contributed by atoms with Gasteiger partial charge in [-0.05, 0) is 40.9 Å². The second kappa shape index (κ2) is 7.13. The molecule has 0 heterocycles. The quantitative estimate of drug-likeness (QED) is 0.750.